The van der Waals surface area contributed by atoms with Crippen LogP contribution in [0.2, 0.25) is 0 Å². The van der Waals surface area contributed by atoms with Crippen molar-refractivity contribution >= 4 is 7.60 Å². The first-order chi connectivity index (χ1) is 12.8. The van der Waals surface area contributed by atoms with Gasteiger partial charge in [-0.05, 0) is 37.1 Å². The van der Waals surface area contributed by atoms with Crippen LogP contribution in [0.5, 0.6) is 5.75 Å². The highest BCUT2D eigenvalue weighted by Crippen LogP contribution is 2.66. The molecule has 27 heavy (non-hydrogen) atoms. The van der Waals surface area contributed by atoms with Gasteiger partial charge in [0.2, 0.25) is 0 Å². The van der Waals surface area contributed by atoms with Crippen LogP contribution in [0.3, 0.4) is 0 Å². The maximum absolute atomic E-state index is 14.6. The van der Waals surface area contributed by atoms with Gasteiger partial charge in [0.05, 0.1) is 13.2 Å². The van der Waals surface area contributed by atoms with Crippen molar-refractivity contribution in [3.63, 3.8) is 0 Å². The minimum Gasteiger partial charge on any atom is -0.489 e. The predicted molar refractivity (Wildman–Crippen MR) is 98.0 cm³/mol. The molecule has 2 aromatic rings. The Kier molecular flexibility index (Phi) is 7.50. The lowest BCUT2D eigenvalue weighted by molar-refractivity contribution is -0.0676. The SMILES string of the molecule is CCOP(=O)(OCC)C(F)(F)[C@H](O)c1ccc(OCc2ccccc2)cc1. The lowest BCUT2D eigenvalue weighted by atomic mass is 10.1. The fourth-order valence-electron chi connectivity index (χ4n) is 2.39. The Balaban J connectivity index is 2.11. The molecular weight excluding hydrogens is 377 g/mol. The third kappa shape index (κ3) is 5.14. The van der Waals surface area contributed by atoms with E-state index in [-0.39, 0.29) is 18.8 Å². The van der Waals surface area contributed by atoms with Crippen molar-refractivity contribution in [3.8, 4) is 5.75 Å². The van der Waals surface area contributed by atoms with Crippen LogP contribution in [0, 0.1) is 0 Å². The molecule has 0 spiro atoms. The highest BCUT2D eigenvalue weighted by atomic mass is 31.2. The predicted octanol–water partition coefficient (Wildman–Crippen LogP) is 5.16. The molecule has 0 saturated heterocycles. The Morgan fingerprint density at radius 2 is 1.56 bits per heavy atom. The van der Waals surface area contributed by atoms with Gasteiger partial charge >= 0.3 is 13.3 Å². The number of aliphatic hydroxyl groups is 1. The zero-order valence-electron chi connectivity index (χ0n) is 15.2. The highest BCUT2D eigenvalue weighted by Gasteiger charge is 2.59. The molecule has 5 nitrogen and oxygen atoms in total. The van der Waals surface area contributed by atoms with Crippen molar-refractivity contribution in [1.29, 1.82) is 0 Å². The lowest BCUT2D eigenvalue weighted by Crippen LogP contribution is -2.28. The molecule has 0 unspecified atom stereocenters. The zero-order chi connectivity index (χ0) is 19.9. The molecule has 8 heteroatoms. The summed E-state index contributed by atoms with van der Waals surface area (Å²) in [6.45, 7) is 2.71. The lowest BCUT2D eigenvalue weighted by Gasteiger charge is -2.29. The molecule has 1 atom stereocenters. The number of hydrogen-bond acceptors (Lipinski definition) is 5. The zero-order valence-corrected chi connectivity index (χ0v) is 16.1. The highest BCUT2D eigenvalue weighted by molar-refractivity contribution is 7.55. The first-order valence-electron chi connectivity index (χ1n) is 8.55. The number of halogens is 2. The summed E-state index contributed by atoms with van der Waals surface area (Å²) >= 11 is 0. The summed E-state index contributed by atoms with van der Waals surface area (Å²) in [6.07, 6.45) is -2.34. The minimum atomic E-state index is -4.82. The van der Waals surface area contributed by atoms with Gasteiger partial charge in [-0.3, -0.25) is 4.57 Å². The standard InChI is InChI=1S/C19H23F2O5P/c1-3-25-27(23,26-4-2)19(20,21)18(22)16-10-12-17(13-11-16)24-14-15-8-6-5-7-9-15/h5-13,18,22H,3-4,14H2,1-2H3/t18-/m1/s1. The molecule has 0 aliphatic carbocycles. The molecule has 0 amide bonds. The molecule has 0 bridgehead atoms. The summed E-state index contributed by atoms with van der Waals surface area (Å²) in [5.74, 6) is 0.455. The van der Waals surface area contributed by atoms with Gasteiger partial charge in [0.15, 0.2) is 6.10 Å². The van der Waals surface area contributed by atoms with E-state index in [4.69, 9.17) is 4.74 Å². The van der Waals surface area contributed by atoms with Crippen LogP contribution in [0.15, 0.2) is 54.6 Å². The molecule has 2 aromatic carbocycles. The average molecular weight is 400 g/mol. The summed E-state index contributed by atoms with van der Waals surface area (Å²) in [5.41, 5.74) is -3.25. The van der Waals surface area contributed by atoms with Crippen LogP contribution < -0.4 is 4.74 Å². The molecule has 148 valence electrons. The van der Waals surface area contributed by atoms with Gasteiger partial charge in [-0.15, -0.1) is 0 Å². The number of rotatable bonds is 10. The number of ether oxygens (including phenoxy) is 1. The van der Waals surface area contributed by atoms with E-state index < -0.39 is 19.4 Å². The first kappa shape index (κ1) is 21.5. The molecule has 0 heterocycles. The van der Waals surface area contributed by atoms with E-state index in [0.717, 1.165) is 5.56 Å². The summed E-state index contributed by atoms with van der Waals surface area (Å²) in [7, 11) is -4.82. The van der Waals surface area contributed by atoms with E-state index in [1.165, 1.54) is 38.1 Å². The molecule has 0 radical (unpaired) electrons. The van der Waals surface area contributed by atoms with Gasteiger partial charge in [-0.1, -0.05) is 42.5 Å². The van der Waals surface area contributed by atoms with Crippen LogP contribution in [-0.4, -0.2) is 24.0 Å². The van der Waals surface area contributed by atoms with Gasteiger partial charge in [0.1, 0.15) is 12.4 Å². The van der Waals surface area contributed by atoms with Crippen LogP contribution in [0.4, 0.5) is 8.78 Å². The molecule has 0 saturated carbocycles. The quantitative estimate of drug-likeness (QED) is 0.558. The minimum absolute atomic E-state index is 0.119. The van der Waals surface area contributed by atoms with E-state index in [0.29, 0.717) is 12.4 Å². The van der Waals surface area contributed by atoms with Crippen LogP contribution in [-0.2, 0) is 20.2 Å². The molecule has 0 aliphatic rings. The van der Waals surface area contributed by atoms with Crippen LogP contribution >= 0.6 is 7.60 Å². The normalized spacial score (nSPS) is 13.4. The Hall–Kier alpha value is -1.79. The van der Waals surface area contributed by atoms with Crippen LogP contribution in [0.25, 0.3) is 0 Å². The monoisotopic (exact) mass is 400 g/mol. The molecule has 0 fully saturated rings. The van der Waals surface area contributed by atoms with E-state index >= 15 is 0 Å². The maximum atomic E-state index is 14.6. The number of hydrogen-bond donors (Lipinski definition) is 1. The second-order valence-electron chi connectivity index (χ2n) is 5.67. The summed E-state index contributed by atoms with van der Waals surface area (Å²) in [5, 5.41) is 10.1. The third-order valence-electron chi connectivity index (χ3n) is 3.74. The second kappa shape index (κ2) is 9.42. The number of benzene rings is 2. The van der Waals surface area contributed by atoms with E-state index in [1.807, 2.05) is 30.3 Å². The molecule has 0 aliphatic heterocycles. The molecule has 1 N–H and O–H groups in total. The maximum Gasteiger partial charge on any atom is 0.402 e. The van der Waals surface area contributed by atoms with Crippen molar-refractivity contribution in [2.45, 2.75) is 32.2 Å². The van der Waals surface area contributed by atoms with Gasteiger partial charge in [-0.2, -0.15) is 8.78 Å². The van der Waals surface area contributed by atoms with Gasteiger partial charge in [-0.25, -0.2) is 0 Å². The fourth-order valence-corrected chi connectivity index (χ4v) is 3.93. The van der Waals surface area contributed by atoms with Crippen molar-refractivity contribution in [1.82, 2.24) is 0 Å². The second-order valence-corrected chi connectivity index (χ2v) is 7.77. The van der Waals surface area contributed by atoms with E-state index in [1.54, 1.807) is 0 Å². The Labute approximate surface area is 157 Å². The summed E-state index contributed by atoms with van der Waals surface area (Å²) in [6, 6.07) is 15.0. The Morgan fingerprint density at radius 3 is 2.07 bits per heavy atom. The topological polar surface area (TPSA) is 65.0 Å². The molecule has 2 rings (SSSR count). The van der Waals surface area contributed by atoms with Crippen LogP contribution in [0.1, 0.15) is 31.1 Å². The smallest absolute Gasteiger partial charge is 0.402 e. The Morgan fingerprint density at radius 1 is 1.00 bits per heavy atom. The molecule has 0 aromatic heterocycles. The largest absolute Gasteiger partial charge is 0.489 e. The molecular formula is C19H23F2O5P. The average Bonchev–Trinajstić information content (AvgIpc) is 2.67. The summed E-state index contributed by atoms with van der Waals surface area (Å²) < 4.78 is 56.6. The van der Waals surface area contributed by atoms with Gasteiger partial charge < -0.3 is 18.9 Å². The van der Waals surface area contributed by atoms with Crippen molar-refractivity contribution in [3.05, 3.63) is 65.7 Å². The number of alkyl halides is 2. The van der Waals surface area contributed by atoms with Crippen molar-refractivity contribution < 1.29 is 32.2 Å². The van der Waals surface area contributed by atoms with E-state index in [9.17, 15) is 18.5 Å². The fraction of sp³-hybridized carbons (Fsp3) is 0.368. The van der Waals surface area contributed by atoms with Gasteiger partial charge in [0, 0.05) is 0 Å². The summed E-state index contributed by atoms with van der Waals surface area (Å²) in [4.78, 5) is 0. The Bertz CT molecular complexity index is 742. The van der Waals surface area contributed by atoms with Crippen molar-refractivity contribution in [2.75, 3.05) is 13.2 Å². The third-order valence-corrected chi connectivity index (χ3v) is 5.91. The van der Waals surface area contributed by atoms with E-state index in [2.05, 4.69) is 9.05 Å². The van der Waals surface area contributed by atoms with Gasteiger partial charge in [0.25, 0.3) is 0 Å². The first-order valence-corrected chi connectivity index (χ1v) is 10.1. The van der Waals surface area contributed by atoms with Crippen molar-refractivity contribution in [2.24, 2.45) is 0 Å². The number of aliphatic hydroxyl groups excluding tert-OH is 1.